The van der Waals surface area contributed by atoms with Gasteiger partial charge >= 0.3 is 6.36 Å². The second kappa shape index (κ2) is 6.64. The zero-order valence-electron chi connectivity index (χ0n) is 12.3. The summed E-state index contributed by atoms with van der Waals surface area (Å²) in [4.78, 5) is 2.24. The zero-order chi connectivity index (χ0) is 16.3. The Labute approximate surface area is 131 Å². The summed E-state index contributed by atoms with van der Waals surface area (Å²) in [5, 5.41) is 3.28. The Balaban J connectivity index is 1.84. The van der Waals surface area contributed by atoms with Crippen molar-refractivity contribution in [2.45, 2.75) is 12.4 Å². The number of benzene rings is 1. The van der Waals surface area contributed by atoms with Gasteiger partial charge in [0.25, 0.3) is 0 Å². The molecule has 0 unspecified atom stereocenters. The number of halogens is 3. The first-order valence-electron chi connectivity index (χ1n) is 7.37. The molecule has 0 saturated carbocycles. The van der Waals surface area contributed by atoms with Crippen molar-refractivity contribution in [3.8, 4) is 5.75 Å². The third-order valence-electron chi connectivity index (χ3n) is 3.76. The van der Waals surface area contributed by atoms with Crippen LogP contribution in [0.3, 0.4) is 0 Å². The Morgan fingerprint density at radius 3 is 2.35 bits per heavy atom. The summed E-state index contributed by atoms with van der Waals surface area (Å²) in [5.41, 5.74) is 0.872. The number of hydrogen-bond acceptors (Lipinski definition) is 4. The summed E-state index contributed by atoms with van der Waals surface area (Å²) in [5.74, 6) is 0.552. The van der Waals surface area contributed by atoms with E-state index in [1.54, 1.807) is 18.4 Å². The van der Waals surface area contributed by atoms with Crippen LogP contribution < -0.4 is 10.1 Å². The van der Waals surface area contributed by atoms with Gasteiger partial charge in [0.2, 0.25) is 0 Å². The van der Waals surface area contributed by atoms with E-state index in [0.717, 1.165) is 37.5 Å². The van der Waals surface area contributed by atoms with Gasteiger partial charge in [-0.25, -0.2) is 0 Å². The highest BCUT2D eigenvalue weighted by molar-refractivity contribution is 5.33. The lowest BCUT2D eigenvalue weighted by molar-refractivity contribution is -0.274. The van der Waals surface area contributed by atoms with Gasteiger partial charge in [-0.1, -0.05) is 12.1 Å². The van der Waals surface area contributed by atoms with Crippen LogP contribution in [0, 0.1) is 0 Å². The van der Waals surface area contributed by atoms with Crippen LogP contribution in [-0.2, 0) is 0 Å². The third kappa shape index (κ3) is 4.05. The number of nitrogens with one attached hydrogen (secondary N) is 1. The van der Waals surface area contributed by atoms with Gasteiger partial charge in [-0.05, 0) is 29.8 Å². The summed E-state index contributed by atoms with van der Waals surface area (Å²) in [6, 6.07) is 9.54. The number of hydrogen-bond donors (Lipinski definition) is 1. The summed E-state index contributed by atoms with van der Waals surface area (Å²) in [6.45, 7) is 3.41. The lowest BCUT2D eigenvalue weighted by Gasteiger charge is -2.34. The second-order valence-corrected chi connectivity index (χ2v) is 5.32. The van der Waals surface area contributed by atoms with E-state index >= 15 is 0 Å². The molecule has 23 heavy (non-hydrogen) atoms. The average Bonchev–Trinajstić information content (AvgIpc) is 3.03. The van der Waals surface area contributed by atoms with Crippen molar-refractivity contribution in [3.63, 3.8) is 0 Å². The Kier molecular flexibility index (Phi) is 4.58. The molecule has 0 radical (unpaired) electrons. The molecule has 1 atom stereocenters. The van der Waals surface area contributed by atoms with Crippen LogP contribution in [0.5, 0.6) is 5.75 Å². The van der Waals surface area contributed by atoms with Gasteiger partial charge in [0.05, 0.1) is 12.3 Å². The Bertz CT molecular complexity index is 605. The van der Waals surface area contributed by atoms with Crippen molar-refractivity contribution in [1.82, 2.24) is 10.2 Å². The fourth-order valence-corrected chi connectivity index (χ4v) is 2.79. The molecule has 1 aromatic heterocycles. The first kappa shape index (κ1) is 15.9. The predicted octanol–water partition coefficient (Wildman–Crippen LogP) is 3.17. The minimum absolute atomic E-state index is 0.118. The molecule has 0 bridgehead atoms. The van der Waals surface area contributed by atoms with E-state index in [9.17, 15) is 13.2 Å². The summed E-state index contributed by atoms with van der Waals surface area (Å²) < 4.78 is 46.3. The van der Waals surface area contributed by atoms with E-state index in [4.69, 9.17) is 4.42 Å². The van der Waals surface area contributed by atoms with Crippen LogP contribution in [0.25, 0.3) is 0 Å². The smallest absolute Gasteiger partial charge is 0.467 e. The van der Waals surface area contributed by atoms with Crippen molar-refractivity contribution in [2.24, 2.45) is 0 Å². The Morgan fingerprint density at radius 1 is 1.09 bits per heavy atom. The van der Waals surface area contributed by atoms with Gasteiger partial charge in [-0.3, -0.25) is 4.90 Å². The van der Waals surface area contributed by atoms with Gasteiger partial charge in [0.15, 0.2) is 0 Å². The molecular weight excluding hydrogens is 309 g/mol. The van der Waals surface area contributed by atoms with E-state index in [2.05, 4.69) is 15.0 Å². The number of furan rings is 1. The van der Waals surface area contributed by atoms with Gasteiger partial charge in [0.1, 0.15) is 11.5 Å². The maximum absolute atomic E-state index is 12.3. The molecule has 0 spiro atoms. The molecule has 4 nitrogen and oxygen atoms in total. The molecule has 3 rings (SSSR count). The quantitative estimate of drug-likeness (QED) is 0.936. The van der Waals surface area contributed by atoms with E-state index in [-0.39, 0.29) is 11.8 Å². The molecule has 1 fully saturated rings. The number of alkyl halides is 3. The van der Waals surface area contributed by atoms with Crippen LogP contribution >= 0.6 is 0 Å². The van der Waals surface area contributed by atoms with Crippen molar-refractivity contribution < 1.29 is 22.3 Å². The molecule has 1 saturated heterocycles. The number of ether oxygens (including phenoxy) is 1. The van der Waals surface area contributed by atoms with Crippen LogP contribution in [-0.4, -0.2) is 37.4 Å². The Morgan fingerprint density at radius 2 is 1.78 bits per heavy atom. The van der Waals surface area contributed by atoms with Crippen molar-refractivity contribution in [2.75, 3.05) is 26.2 Å². The maximum Gasteiger partial charge on any atom is 0.573 e. The lowest BCUT2D eigenvalue weighted by Crippen LogP contribution is -2.45. The molecule has 2 aromatic rings. The third-order valence-corrected chi connectivity index (χ3v) is 3.76. The highest BCUT2D eigenvalue weighted by atomic mass is 19.4. The molecule has 1 aliphatic rings. The number of nitrogens with zero attached hydrogens (tertiary/aromatic N) is 1. The summed E-state index contributed by atoms with van der Waals surface area (Å²) in [7, 11) is 0. The summed E-state index contributed by atoms with van der Waals surface area (Å²) >= 11 is 0. The van der Waals surface area contributed by atoms with Crippen molar-refractivity contribution in [1.29, 1.82) is 0 Å². The van der Waals surface area contributed by atoms with Gasteiger partial charge in [0, 0.05) is 26.2 Å². The van der Waals surface area contributed by atoms with Crippen LogP contribution in [0.4, 0.5) is 13.2 Å². The molecule has 0 aliphatic carbocycles. The monoisotopic (exact) mass is 326 g/mol. The fraction of sp³-hybridized carbons (Fsp3) is 0.375. The SMILES string of the molecule is FC(F)(F)Oc1ccc([C@@H](c2ccco2)N2CCNCC2)cc1. The van der Waals surface area contributed by atoms with E-state index in [0.29, 0.717) is 0 Å². The number of rotatable bonds is 4. The van der Waals surface area contributed by atoms with E-state index in [1.165, 1.54) is 12.1 Å². The molecule has 1 aromatic carbocycles. The fourth-order valence-electron chi connectivity index (χ4n) is 2.79. The molecule has 2 heterocycles. The first-order chi connectivity index (χ1) is 11.0. The summed E-state index contributed by atoms with van der Waals surface area (Å²) in [6.07, 6.45) is -3.08. The second-order valence-electron chi connectivity index (χ2n) is 5.32. The van der Waals surface area contributed by atoms with Gasteiger partial charge in [-0.2, -0.15) is 0 Å². The lowest BCUT2D eigenvalue weighted by atomic mass is 10.0. The van der Waals surface area contributed by atoms with Crippen LogP contribution in [0.1, 0.15) is 17.4 Å². The van der Waals surface area contributed by atoms with E-state index < -0.39 is 6.36 Å². The van der Waals surface area contributed by atoms with Gasteiger partial charge in [-0.15, -0.1) is 13.2 Å². The molecular formula is C16H17F3N2O2. The first-order valence-corrected chi connectivity index (χ1v) is 7.37. The Hall–Kier alpha value is -1.99. The van der Waals surface area contributed by atoms with Crippen LogP contribution in [0.2, 0.25) is 0 Å². The molecule has 0 amide bonds. The van der Waals surface area contributed by atoms with E-state index in [1.807, 2.05) is 12.1 Å². The minimum Gasteiger partial charge on any atom is -0.467 e. The highest BCUT2D eigenvalue weighted by Crippen LogP contribution is 2.31. The predicted molar refractivity (Wildman–Crippen MR) is 78.1 cm³/mol. The standard InChI is InChI=1S/C16H17F3N2O2/c17-16(18,19)23-13-5-3-12(4-6-13)15(14-2-1-11-22-14)21-9-7-20-8-10-21/h1-6,11,15,20H,7-10H2/t15-/m0/s1. The molecule has 1 aliphatic heterocycles. The zero-order valence-corrected chi connectivity index (χ0v) is 12.3. The van der Waals surface area contributed by atoms with Crippen molar-refractivity contribution in [3.05, 3.63) is 54.0 Å². The number of piperazine rings is 1. The minimum atomic E-state index is -4.68. The van der Waals surface area contributed by atoms with Gasteiger partial charge < -0.3 is 14.5 Å². The normalized spacial score (nSPS) is 17.9. The topological polar surface area (TPSA) is 37.6 Å². The largest absolute Gasteiger partial charge is 0.573 e. The highest BCUT2D eigenvalue weighted by Gasteiger charge is 2.31. The van der Waals surface area contributed by atoms with Crippen LogP contribution in [0.15, 0.2) is 47.1 Å². The maximum atomic E-state index is 12.3. The molecule has 7 heteroatoms. The molecule has 1 N–H and O–H groups in total. The average molecular weight is 326 g/mol. The molecule has 124 valence electrons. The van der Waals surface area contributed by atoms with Crippen molar-refractivity contribution >= 4 is 0 Å².